The minimum atomic E-state index is -0.708. The van der Waals surface area contributed by atoms with E-state index in [-0.39, 0.29) is 36.0 Å². The summed E-state index contributed by atoms with van der Waals surface area (Å²) in [4.78, 5) is 28.7. The second-order valence-electron chi connectivity index (χ2n) is 8.76. The lowest BCUT2D eigenvalue weighted by Gasteiger charge is -2.32. The zero-order chi connectivity index (χ0) is 25.9. The Kier molecular flexibility index (Phi) is 10.8. The van der Waals surface area contributed by atoms with Crippen LogP contribution in [0.25, 0.3) is 0 Å². The zero-order valence-corrected chi connectivity index (χ0v) is 22.2. The molecule has 2 amide bonds. The maximum Gasteiger partial charge on any atom is 0.243 e. The summed E-state index contributed by atoms with van der Waals surface area (Å²) >= 11 is 7.73. The average Bonchev–Trinajstić information content (AvgIpc) is 2.88. The highest BCUT2D eigenvalue weighted by Crippen LogP contribution is 2.22. The summed E-state index contributed by atoms with van der Waals surface area (Å²) in [6, 6.07) is 22.5. The molecule has 36 heavy (non-hydrogen) atoms. The lowest BCUT2D eigenvalue weighted by atomic mass is 10.0. The molecule has 0 aliphatic rings. The summed E-state index contributed by atoms with van der Waals surface area (Å²) in [5.74, 6) is 0.0747. The SMILES string of the molecule is CC[C@H](C)NC(=O)[C@H](Cc1ccccc1)N(Cc1ccc(F)cc1)C(=O)CSCc1ccccc1Cl. The van der Waals surface area contributed by atoms with Crippen LogP contribution < -0.4 is 5.32 Å². The number of carbonyl (C=O) groups excluding carboxylic acids is 2. The van der Waals surface area contributed by atoms with E-state index in [2.05, 4.69) is 5.32 Å². The van der Waals surface area contributed by atoms with Crippen molar-refractivity contribution in [1.82, 2.24) is 10.2 Å². The molecular weight excluding hydrogens is 495 g/mol. The second kappa shape index (κ2) is 14.0. The number of hydrogen-bond acceptors (Lipinski definition) is 3. The molecule has 0 bridgehead atoms. The first kappa shape index (κ1) is 27.8. The van der Waals surface area contributed by atoms with E-state index in [1.165, 1.54) is 23.9 Å². The van der Waals surface area contributed by atoms with Gasteiger partial charge in [0.2, 0.25) is 11.8 Å². The molecule has 0 fully saturated rings. The average molecular weight is 527 g/mol. The molecule has 2 atom stereocenters. The maximum atomic E-state index is 13.6. The monoisotopic (exact) mass is 526 g/mol. The molecule has 0 saturated heterocycles. The van der Waals surface area contributed by atoms with Crippen LogP contribution in [0.3, 0.4) is 0 Å². The molecule has 3 aromatic rings. The van der Waals surface area contributed by atoms with Gasteiger partial charge in [-0.25, -0.2) is 4.39 Å². The largest absolute Gasteiger partial charge is 0.352 e. The lowest BCUT2D eigenvalue weighted by Crippen LogP contribution is -2.52. The van der Waals surface area contributed by atoms with Gasteiger partial charge in [-0.15, -0.1) is 11.8 Å². The van der Waals surface area contributed by atoms with E-state index in [1.54, 1.807) is 17.0 Å². The third kappa shape index (κ3) is 8.38. The summed E-state index contributed by atoms with van der Waals surface area (Å²) in [5.41, 5.74) is 2.68. The molecule has 0 aromatic heterocycles. The number of hydrogen-bond donors (Lipinski definition) is 1. The van der Waals surface area contributed by atoms with Crippen molar-refractivity contribution < 1.29 is 14.0 Å². The number of carbonyl (C=O) groups is 2. The highest BCUT2D eigenvalue weighted by molar-refractivity contribution is 7.99. The minimum absolute atomic E-state index is 0.0202. The first-order chi connectivity index (χ1) is 17.4. The normalized spacial score (nSPS) is 12.6. The van der Waals surface area contributed by atoms with E-state index in [9.17, 15) is 14.0 Å². The number of halogens is 2. The van der Waals surface area contributed by atoms with E-state index in [4.69, 9.17) is 11.6 Å². The molecule has 3 rings (SSSR count). The quantitative estimate of drug-likeness (QED) is 0.303. The lowest BCUT2D eigenvalue weighted by molar-refractivity contribution is -0.139. The van der Waals surface area contributed by atoms with Crippen LogP contribution >= 0.6 is 23.4 Å². The minimum Gasteiger partial charge on any atom is -0.352 e. The third-order valence-corrected chi connectivity index (χ3v) is 7.31. The van der Waals surface area contributed by atoms with Gasteiger partial charge < -0.3 is 10.2 Å². The summed E-state index contributed by atoms with van der Waals surface area (Å²) in [5, 5.41) is 3.71. The third-order valence-electron chi connectivity index (χ3n) is 5.98. The van der Waals surface area contributed by atoms with Gasteiger partial charge in [0, 0.05) is 29.8 Å². The summed E-state index contributed by atoms with van der Waals surface area (Å²) < 4.78 is 13.5. The molecule has 0 spiro atoms. The molecular formula is C29H32ClFN2O2S. The van der Waals surface area contributed by atoms with E-state index >= 15 is 0 Å². The predicted octanol–water partition coefficient (Wildman–Crippen LogP) is 6.27. The van der Waals surface area contributed by atoms with Crippen LogP contribution in [0.2, 0.25) is 5.02 Å². The van der Waals surface area contributed by atoms with Crippen molar-refractivity contribution >= 4 is 35.2 Å². The van der Waals surface area contributed by atoms with Crippen LogP contribution in [0.5, 0.6) is 0 Å². The van der Waals surface area contributed by atoms with Crippen molar-refractivity contribution in [3.63, 3.8) is 0 Å². The van der Waals surface area contributed by atoms with Crippen molar-refractivity contribution in [2.45, 2.75) is 51.1 Å². The Morgan fingerprint density at radius 3 is 2.31 bits per heavy atom. The molecule has 190 valence electrons. The van der Waals surface area contributed by atoms with Crippen molar-refractivity contribution in [2.75, 3.05) is 5.75 Å². The topological polar surface area (TPSA) is 49.4 Å². The van der Waals surface area contributed by atoms with Crippen molar-refractivity contribution in [3.8, 4) is 0 Å². The van der Waals surface area contributed by atoms with Crippen molar-refractivity contribution in [1.29, 1.82) is 0 Å². The molecule has 0 aliphatic heterocycles. The Morgan fingerprint density at radius 2 is 1.64 bits per heavy atom. The first-order valence-electron chi connectivity index (χ1n) is 12.1. The van der Waals surface area contributed by atoms with Crippen LogP contribution in [0.1, 0.15) is 37.0 Å². The van der Waals surface area contributed by atoms with Gasteiger partial charge in [0.25, 0.3) is 0 Å². The Bertz CT molecular complexity index is 1130. The second-order valence-corrected chi connectivity index (χ2v) is 10.1. The highest BCUT2D eigenvalue weighted by Gasteiger charge is 2.30. The standard InChI is InChI=1S/C29H32ClFN2O2S/c1-3-21(2)32-29(35)27(17-22-9-5-4-6-10-22)33(18-23-13-15-25(31)16-14-23)28(34)20-36-19-24-11-7-8-12-26(24)30/h4-16,21,27H,3,17-20H2,1-2H3,(H,32,35)/t21-,27-/m0/s1. The van der Waals surface area contributed by atoms with Crippen LogP contribution in [0.4, 0.5) is 4.39 Å². The fourth-order valence-corrected chi connectivity index (χ4v) is 4.92. The summed E-state index contributed by atoms with van der Waals surface area (Å²) in [6.45, 7) is 4.16. The zero-order valence-electron chi connectivity index (χ0n) is 20.6. The van der Waals surface area contributed by atoms with Crippen molar-refractivity contribution in [3.05, 3.63) is 106 Å². The number of benzene rings is 3. The highest BCUT2D eigenvalue weighted by atomic mass is 35.5. The van der Waals surface area contributed by atoms with Crippen LogP contribution in [-0.4, -0.2) is 34.6 Å². The van der Waals surface area contributed by atoms with E-state index < -0.39 is 6.04 Å². The van der Waals surface area contributed by atoms with Gasteiger partial charge >= 0.3 is 0 Å². The summed E-state index contributed by atoms with van der Waals surface area (Å²) in [6.07, 6.45) is 1.16. The molecule has 3 aromatic carbocycles. The maximum absolute atomic E-state index is 13.6. The van der Waals surface area contributed by atoms with E-state index in [0.29, 0.717) is 17.2 Å². The smallest absolute Gasteiger partial charge is 0.243 e. The number of thioether (sulfide) groups is 1. The number of rotatable bonds is 12. The molecule has 0 aliphatic carbocycles. The molecule has 0 radical (unpaired) electrons. The number of nitrogens with one attached hydrogen (secondary N) is 1. The molecule has 1 N–H and O–H groups in total. The fourth-order valence-electron chi connectivity index (χ4n) is 3.73. The predicted molar refractivity (Wildman–Crippen MR) is 146 cm³/mol. The molecule has 0 unspecified atom stereocenters. The van der Waals surface area contributed by atoms with Crippen molar-refractivity contribution in [2.24, 2.45) is 0 Å². The molecule has 7 heteroatoms. The van der Waals surface area contributed by atoms with Gasteiger partial charge in [-0.2, -0.15) is 0 Å². The fraction of sp³-hybridized carbons (Fsp3) is 0.310. The van der Waals surface area contributed by atoms with Crippen LogP contribution in [0, 0.1) is 5.82 Å². The van der Waals surface area contributed by atoms with Gasteiger partial charge in [0.1, 0.15) is 11.9 Å². The van der Waals surface area contributed by atoms with Gasteiger partial charge in [-0.1, -0.05) is 79.2 Å². The Balaban J connectivity index is 1.85. The van der Waals surface area contributed by atoms with Gasteiger partial charge in [0.15, 0.2) is 0 Å². The Hall–Kier alpha value is -2.83. The van der Waals surface area contributed by atoms with Crippen LogP contribution in [0.15, 0.2) is 78.9 Å². The molecule has 0 saturated carbocycles. The van der Waals surface area contributed by atoms with Crippen LogP contribution in [-0.2, 0) is 28.3 Å². The Labute approximate surface area is 222 Å². The van der Waals surface area contributed by atoms with Gasteiger partial charge in [-0.05, 0) is 48.2 Å². The molecule has 0 heterocycles. The first-order valence-corrected chi connectivity index (χ1v) is 13.6. The van der Waals surface area contributed by atoms with Gasteiger partial charge in [0.05, 0.1) is 5.75 Å². The Morgan fingerprint density at radius 1 is 0.972 bits per heavy atom. The van der Waals surface area contributed by atoms with E-state index in [1.807, 2.05) is 68.4 Å². The number of nitrogens with zero attached hydrogens (tertiary/aromatic N) is 1. The van der Waals surface area contributed by atoms with Gasteiger partial charge in [-0.3, -0.25) is 9.59 Å². The van der Waals surface area contributed by atoms with E-state index in [0.717, 1.165) is 23.1 Å². The molecule has 4 nitrogen and oxygen atoms in total. The summed E-state index contributed by atoms with van der Waals surface area (Å²) in [7, 11) is 0. The number of amides is 2.